The van der Waals surface area contributed by atoms with Crippen LogP contribution in [0, 0.1) is 11.3 Å². The number of pyridine rings is 1. The third-order valence-corrected chi connectivity index (χ3v) is 7.88. The van der Waals surface area contributed by atoms with Crippen molar-refractivity contribution in [3.8, 4) is 28.7 Å². The molecule has 8 heteroatoms. The first-order valence-electron chi connectivity index (χ1n) is 12.1. The summed E-state index contributed by atoms with van der Waals surface area (Å²) < 4.78 is 18.4. The van der Waals surface area contributed by atoms with Crippen LogP contribution in [-0.2, 0) is 11.5 Å². The molecule has 37 heavy (non-hydrogen) atoms. The lowest BCUT2D eigenvalue weighted by molar-refractivity contribution is 0.0896. The molecule has 190 valence electrons. The van der Waals surface area contributed by atoms with E-state index in [0.29, 0.717) is 52.6 Å². The molecule has 2 aromatic carbocycles. The van der Waals surface area contributed by atoms with Crippen molar-refractivity contribution in [3.63, 3.8) is 0 Å². The number of ether oxygens (including phenoxy) is 3. The van der Waals surface area contributed by atoms with Crippen LogP contribution in [0.3, 0.4) is 0 Å². The quantitative estimate of drug-likeness (QED) is 0.144. The average molecular weight is 514 g/mol. The van der Waals surface area contributed by atoms with E-state index in [4.69, 9.17) is 19.2 Å². The number of nitriles is 1. The summed E-state index contributed by atoms with van der Waals surface area (Å²) in [6.45, 7) is 7.88. The van der Waals surface area contributed by atoms with Crippen molar-refractivity contribution < 1.29 is 19.0 Å². The van der Waals surface area contributed by atoms with Crippen LogP contribution in [-0.4, -0.2) is 44.2 Å². The summed E-state index contributed by atoms with van der Waals surface area (Å²) in [6.07, 6.45) is 3.53. The SMILES string of the molecule is COc1cccc(C(=O)c2cn(COCC[Si](C)(C)C)c3ncc(-c4ccc(OC)cc4C#N)cc23)c1. The molecule has 2 heterocycles. The summed E-state index contributed by atoms with van der Waals surface area (Å²) in [4.78, 5) is 18.4. The molecule has 0 N–H and O–H groups in total. The Labute approximate surface area is 218 Å². The number of ketones is 1. The molecule has 0 amide bonds. The smallest absolute Gasteiger partial charge is 0.195 e. The normalized spacial score (nSPS) is 11.4. The Balaban J connectivity index is 1.79. The van der Waals surface area contributed by atoms with Gasteiger partial charge in [0, 0.05) is 54.7 Å². The first-order chi connectivity index (χ1) is 17.7. The van der Waals surface area contributed by atoms with Crippen LogP contribution >= 0.6 is 0 Å². The lowest BCUT2D eigenvalue weighted by atomic mass is 9.98. The molecular weight excluding hydrogens is 482 g/mol. The highest BCUT2D eigenvalue weighted by Gasteiger charge is 2.20. The van der Waals surface area contributed by atoms with Crippen LogP contribution in [0.5, 0.6) is 11.5 Å². The van der Waals surface area contributed by atoms with Gasteiger partial charge in [-0.15, -0.1) is 0 Å². The Morgan fingerprint density at radius 2 is 1.81 bits per heavy atom. The Morgan fingerprint density at radius 3 is 2.51 bits per heavy atom. The standard InChI is InChI=1S/C29H31N3O4Si/c1-34-23-8-6-7-20(13-23)28(33)27-18-32(19-36-11-12-37(3,4)5)29-26(27)15-22(17-31-29)25-10-9-24(35-2)14-21(25)16-30/h6-10,13-15,17-18H,11-12,19H2,1-5H3. The van der Waals surface area contributed by atoms with E-state index >= 15 is 0 Å². The van der Waals surface area contributed by atoms with Gasteiger partial charge in [0.25, 0.3) is 0 Å². The molecule has 0 aliphatic rings. The number of methoxy groups -OCH3 is 2. The molecule has 0 saturated heterocycles. The largest absolute Gasteiger partial charge is 0.497 e. The predicted molar refractivity (Wildman–Crippen MR) is 147 cm³/mol. The van der Waals surface area contributed by atoms with Crippen LogP contribution in [0.1, 0.15) is 21.5 Å². The van der Waals surface area contributed by atoms with E-state index < -0.39 is 8.07 Å². The second kappa shape index (κ2) is 11.0. The van der Waals surface area contributed by atoms with E-state index in [1.165, 1.54) is 0 Å². The fourth-order valence-corrected chi connectivity index (χ4v) is 4.81. The Bertz CT molecular complexity index is 1480. The van der Waals surface area contributed by atoms with Crippen molar-refractivity contribution in [3.05, 3.63) is 77.6 Å². The van der Waals surface area contributed by atoms with Crippen molar-refractivity contribution >= 4 is 24.9 Å². The van der Waals surface area contributed by atoms with E-state index in [9.17, 15) is 10.1 Å². The number of hydrogen-bond acceptors (Lipinski definition) is 6. The molecule has 0 fully saturated rings. The van der Waals surface area contributed by atoms with Gasteiger partial charge in [-0.25, -0.2) is 4.98 Å². The van der Waals surface area contributed by atoms with E-state index in [0.717, 1.165) is 17.2 Å². The van der Waals surface area contributed by atoms with Gasteiger partial charge in [0.05, 0.1) is 25.9 Å². The number of hydrogen-bond donors (Lipinski definition) is 0. The average Bonchev–Trinajstić information content (AvgIpc) is 3.27. The lowest BCUT2D eigenvalue weighted by Crippen LogP contribution is -2.22. The number of rotatable bonds is 10. The van der Waals surface area contributed by atoms with Crippen molar-refractivity contribution in [2.24, 2.45) is 0 Å². The zero-order chi connectivity index (χ0) is 26.6. The van der Waals surface area contributed by atoms with Gasteiger partial charge in [0.15, 0.2) is 5.78 Å². The van der Waals surface area contributed by atoms with Gasteiger partial charge in [0.2, 0.25) is 0 Å². The van der Waals surface area contributed by atoms with Crippen LogP contribution < -0.4 is 9.47 Å². The predicted octanol–water partition coefficient (Wildman–Crippen LogP) is 6.14. The molecule has 0 unspecified atom stereocenters. The number of aromatic nitrogens is 2. The van der Waals surface area contributed by atoms with Crippen LogP contribution in [0.25, 0.3) is 22.2 Å². The molecule has 0 aliphatic heterocycles. The maximum Gasteiger partial charge on any atom is 0.195 e. The molecule has 0 saturated carbocycles. The van der Waals surface area contributed by atoms with E-state index in [-0.39, 0.29) is 5.78 Å². The van der Waals surface area contributed by atoms with Gasteiger partial charge < -0.3 is 18.8 Å². The number of carbonyl (C=O) groups is 1. The van der Waals surface area contributed by atoms with E-state index in [2.05, 4.69) is 25.7 Å². The van der Waals surface area contributed by atoms with Gasteiger partial charge in [-0.05, 0) is 42.4 Å². The first kappa shape index (κ1) is 26.1. The molecule has 0 aliphatic carbocycles. The van der Waals surface area contributed by atoms with Gasteiger partial charge in [-0.2, -0.15) is 5.26 Å². The molecule has 4 aromatic rings. The van der Waals surface area contributed by atoms with Gasteiger partial charge in [-0.1, -0.05) is 31.8 Å². The molecule has 7 nitrogen and oxygen atoms in total. The van der Waals surface area contributed by atoms with Crippen LogP contribution in [0.2, 0.25) is 25.7 Å². The second-order valence-electron chi connectivity index (χ2n) is 10.0. The summed E-state index contributed by atoms with van der Waals surface area (Å²) in [5.41, 5.74) is 3.61. The van der Waals surface area contributed by atoms with Gasteiger partial charge >= 0.3 is 0 Å². The van der Waals surface area contributed by atoms with E-state index in [1.807, 2.05) is 16.7 Å². The number of fused-ring (bicyclic) bond motifs is 1. The number of benzene rings is 2. The van der Waals surface area contributed by atoms with Crippen molar-refractivity contribution in [1.82, 2.24) is 9.55 Å². The molecular formula is C29H31N3O4Si. The second-order valence-corrected chi connectivity index (χ2v) is 15.7. The summed E-state index contributed by atoms with van der Waals surface area (Å²) >= 11 is 0. The minimum atomic E-state index is -1.23. The fourth-order valence-electron chi connectivity index (χ4n) is 4.05. The van der Waals surface area contributed by atoms with Gasteiger partial charge in [0.1, 0.15) is 23.9 Å². The third kappa shape index (κ3) is 5.90. The Kier molecular flexibility index (Phi) is 7.76. The monoisotopic (exact) mass is 513 g/mol. The summed E-state index contributed by atoms with van der Waals surface area (Å²) in [7, 11) is 1.91. The minimum absolute atomic E-state index is 0.140. The molecule has 0 bridgehead atoms. The minimum Gasteiger partial charge on any atom is -0.497 e. The van der Waals surface area contributed by atoms with Crippen molar-refractivity contribution in [2.75, 3.05) is 20.8 Å². The topological polar surface area (TPSA) is 86.4 Å². The Hall–Kier alpha value is -3.93. The molecule has 0 atom stereocenters. The van der Waals surface area contributed by atoms with Gasteiger partial charge in [-0.3, -0.25) is 4.79 Å². The fraction of sp³-hybridized carbons (Fsp3) is 0.276. The summed E-state index contributed by atoms with van der Waals surface area (Å²) in [5, 5.41) is 10.4. The summed E-state index contributed by atoms with van der Waals surface area (Å²) in [6, 6.07) is 17.6. The third-order valence-electron chi connectivity index (χ3n) is 6.18. The molecule has 0 radical (unpaired) electrons. The van der Waals surface area contributed by atoms with Crippen LogP contribution in [0.15, 0.2) is 60.9 Å². The Morgan fingerprint density at radius 1 is 1.05 bits per heavy atom. The van der Waals surface area contributed by atoms with Crippen molar-refractivity contribution in [2.45, 2.75) is 32.4 Å². The number of carbonyl (C=O) groups excluding carboxylic acids is 1. The first-order valence-corrected chi connectivity index (χ1v) is 15.8. The van der Waals surface area contributed by atoms with Crippen molar-refractivity contribution in [1.29, 1.82) is 5.26 Å². The molecule has 2 aromatic heterocycles. The highest BCUT2D eigenvalue weighted by Crippen LogP contribution is 2.31. The lowest BCUT2D eigenvalue weighted by Gasteiger charge is -2.15. The zero-order valence-electron chi connectivity index (χ0n) is 21.9. The molecule has 0 spiro atoms. The van der Waals surface area contributed by atoms with Crippen LogP contribution in [0.4, 0.5) is 0 Å². The maximum absolute atomic E-state index is 13.7. The highest BCUT2D eigenvalue weighted by atomic mass is 28.3. The highest BCUT2D eigenvalue weighted by molar-refractivity contribution is 6.76. The van der Waals surface area contributed by atoms with E-state index in [1.54, 1.807) is 63.0 Å². The number of nitrogens with zero attached hydrogens (tertiary/aromatic N) is 3. The summed E-state index contributed by atoms with van der Waals surface area (Å²) in [5.74, 6) is 1.07. The molecule has 4 rings (SSSR count). The zero-order valence-corrected chi connectivity index (χ0v) is 22.9. The maximum atomic E-state index is 13.7.